The summed E-state index contributed by atoms with van der Waals surface area (Å²) >= 11 is 0. The molecule has 0 atom stereocenters. The Morgan fingerprint density at radius 2 is 1.88 bits per heavy atom. The number of hydrogen-bond acceptors (Lipinski definition) is 4. The summed E-state index contributed by atoms with van der Waals surface area (Å²) in [5.74, 6) is 0.644. The van der Waals surface area contributed by atoms with E-state index in [0.717, 1.165) is 29.2 Å². The topological polar surface area (TPSA) is 80.1 Å². The molecule has 3 aromatic rings. The molecule has 2 aromatic carbocycles. The van der Waals surface area contributed by atoms with E-state index in [1.54, 1.807) is 17.3 Å². The van der Waals surface area contributed by atoms with Gasteiger partial charge in [-0.15, -0.1) is 10.2 Å². The molecule has 1 aliphatic rings. The molecule has 1 aliphatic heterocycles. The SMILES string of the molecule is CCn1cnnc1-c1cccc(NC(=O)C2CCN(C(=O)/C=C/c3ccccc3)CC2)c1. The number of nitrogens with zero attached hydrogens (tertiary/aromatic N) is 4. The second kappa shape index (κ2) is 10.0. The Kier molecular flexibility index (Phi) is 6.75. The molecule has 0 aliphatic carbocycles. The number of piperidine rings is 1. The quantitative estimate of drug-likeness (QED) is 0.604. The van der Waals surface area contributed by atoms with Crippen molar-refractivity contribution in [3.63, 3.8) is 0 Å². The molecular weight excluding hydrogens is 402 g/mol. The summed E-state index contributed by atoms with van der Waals surface area (Å²) in [5.41, 5.74) is 2.64. The fourth-order valence-corrected chi connectivity index (χ4v) is 3.89. The van der Waals surface area contributed by atoms with E-state index in [9.17, 15) is 9.59 Å². The van der Waals surface area contributed by atoms with Crippen LogP contribution in [-0.4, -0.2) is 44.6 Å². The number of anilines is 1. The highest BCUT2D eigenvalue weighted by Gasteiger charge is 2.26. The molecule has 2 amide bonds. The van der Waals surface area contributed by atoms with Crippen LogP contribution in [0.3, 0.4) is 0 Å². The minimum Gasteiger partial charge on any atom is -0.339 e. The van der Waals surface area contributed by atoms with Crippen LogP contribution in [0.1, 0.15) is 25.3 Å². The zero-order valence-electron chi connectivity index (χ0n) is 18.1. The van der Waals surface area contributed by atoms with Gasteiger partial charge in [-0.1, -0.05) is 42.5 Å². The van der Waals surface area contributed by atoms with Gasteiger partial charge >= 0.3 is 0 Å². The van der Waals surface area contributed by atoms with Crippen LogP contribution in [0.4, 0.5) is 5.69 Å². The monoisotopic (exact) mass is 429 g/mol. The van der Waals surface area contributed by atoms with Gasteiger partial charge in [0, 0.05) is 42.9 Å². The first kappa shape index (κ1) is 21.5. The van der Waals surface area contributed by atoms with Crippen LogP contribution >= 0.6 is 0 Å². The van der Waals surface area contributed by atoms with E-state index in [4.69, 9.17) is 0 Å². The highest BCUT2D eigenvalue weighted by Crippen LogP contribution is 2.23. The average molecular weight is 430 g/mol. The molecule has 1 saturated heterocycles. The molecule has 4 rings (SSSR count). The number of nitrogens with one attached hydrogen (secondary N) is 1. The number of aromatic nitrogens is 3. The molecule has 7 nitrogen and oxygen atoms in total. The van der Waals surface area contributed by atoms with Crippen LogP contribution < -0.4 is 5.32 Å². The van der Waals surface area contributed by atoms with E-state index < -0.39 is 0 Å². The Balaban J connectivity index is 1.32. The predicted octanol–water partition coefficient (Wildman–Crippen LogP) is 3.86. The number of amides is 2. The summed E-state index contributed by atoms with van der Waals surface area (Å²) < 4.78 is 1.96. The minimum atomic E-state index is -0.111. The van der Waals surface area contributed by atoms with Crippen molar-refractivity contribution in [2.45, 2.75) is 26.3 Å². The Morgan fingerprint density at radius 3 is 2.62 bits per heavy atom. The lowest BCUT2D eigenvalue weighted by Crippen LogP contribution is -2.40. The van der Waals surface area contributed by atoms with Gasteiger partial charge in [0.25, 0.3) is 0 Å². The van der Waals surface area contributed by atoms with Gasteiger partial charge in [-0.25, -0.2) is 0 Å². The number of carbonyl (C=O) groups is 2. The summed E-state index contributed by atoms with van der Waals surface area (Å²) in [7, 11) is 0. The minimum absolute atomic E-state index is 0.00830. The van der Waals surface area contributed by atoms with Gasteiger partial charge < -0.3 is 14.8 Å². The van der Waals surface area contributed by atoms with Gasteiger partial charge in [-0.2, -0.15) is 0 Å². The lowest BCUT2D eigenvalue weighted by atomic mass is 9.95. The highest BCUT2D eigenvalue weighted by molar-refractivity contribution is 5.94. The van der Waals surface area contributed by atoms with Gasteiger partial charge in [0.15, 0.2) is 5.82 Å². The third-order valence-corrected chi connectivity index (χ3v) is 5.74. The summed E-state index contributed by atoms with van der Waals surface area (Å²) in [6.45, 7) is 3.97. The largest absolute Gasteiger partial charge is 0.339 e. The Bertz CT molecular complexity index is 1100. The maximum atomic E-state index is 12.8. The van der Waals surface area contributed by atoms with Crippen LogP contribution in [0, 0.1) is 5.92 Å². The van der Waals surface area contributed by atoms with Crippen molar-refractivity contribution in [1.82, 2.24) is 19.7 Å². The van der Waals surface area contributed by atoms with Crippen molar-refractivity contribution in [2.75, 3.05) is 18.4 Å². The molecule has 1 aromatic heterocycles. The van der Waals surface area contributed by atoms with Gasteiger partial charge in [-0.05, 0) is 43.5 Å². The smallest absolute Gasteiger partial charge is 0.246 e. The molecular formula is C25H27N5O2. The molecule has 0 radical (unpaired) electrons. The van der Waals surface area contributed by atoms with Crippen molar-refractivity contribution in [3.8, 4) is 11.4 Å². The van der Waals surface area contributed by atoms with E-state index in [2.05, 4.69) is 15.5 Å². The molecule has 1 fully saturated rings. The summed E-state index contributed by atoms with van der Waals surface area (Å²) in [5, 5.41) is 11.2. The van der Waals surface area contributed by atoms with Gasteiger partial charge in [0.05, 0.1) is 0 Å². The van der Waals surface area contributed by atoms with Crippen molar-refractivity contribution < 1.29 is 9.59 Å². The Labute approximate surface area is 187 Å². The van der Waals surface area contributed by atoms with E-state index in [1.165, 1.54) is 0 Å². The van der Waals surface area contributed by atoms with Crippen LogP contribution in [0.15, 0.2) is 67.0 Å². The van der Waals surface area contributed by atoms with Gasteiger partial charge in [0.1, 0.15) is 6.33 Å². The molecule has 0 unspecified atom stereocenters. The van der Waals surface area contributed by atoms with Crippen LogP contribution in [0.2, 0.25) is 0 Å². The number of carbonyl (C=O) groups excluding carboxylic acids is 2. The lowest BCUT2D eigenvalue weighted by molar-refractivity contribution is -0.130. The first-order chi connectivity index (χ1) is 15.6. The fourth-order valence-electron chi connectivity index (χ4n) is 3.89. The number of likely N-dealkylation sites (tertiary alicyclic amines) is 1. The van der Waals surface area contributed by atoms with E-state index in [0.29, 0.717) is 25.9 Å². The molecule has 0 saturated carbocycles. The molecule has 2 heterocycles. The van der Waals surface area contributed by atoms with E-state index in [1.807, 2.05) is 72.2 Å². The maximum absolute atomic E-state index is 12.8. The number of rotatable bonds is 6. The first-order valence-electron chi connectivity index (χ1n) is 10.9. The number of hydrogen-bond donors (Lipinski definition) is 1. The third kappa shape index (κ3) is 5.11. The number of aryl methyl sites for hydroxylation is 1. The van der Waals surface area contributed by atoms with Crippen LogP contribution in [0.25, 0.3) is 17.5 Å². The molecule has 1 N–H and O–H groups in total. The van der Waals surface area contributed by atoms with E-state index >= 15 is 0 Å². The molecule has 0 bridgehead atoms. The van der Waals surface area contributed by atoms with Crippen molar-refractivity contribution >= 4 is 23.6 Å². The molecule has 0 spiro atoms. The highest BCUT2D eigenvalue weighted by atomic mass is 16.2. The average Bonchev–Trinajstić information content (AvgIpc) is 3.32. The number of benzene rings is 2. The molecule has 32 heavy (non-hydrogen) atoms. The maximum Gasteiger partial charge on any atom is 0.246 e. The normalized spacial score (nSPS) is 14.6. The second-order valence-corrected chi connectivity index (χ2v) is 7.85. The van der Waals surface area contributed by atoms with Crippen LogP contribution in [-0.2, 0) is 16.1 Å². The van der Waals surface area contributed by atoms with Crippen molar-refractivity contribution in [2.24, 2.45) is 5.92 Å². The predicted molar refractivity (Wildman–Crippen MR) is 125 cm³/mol. The van der Waals surface area contributed by atoms with E-state index in [-0.39, 0.29) is 17.7 Å². The zero-order chi connectivity index (χ0) is 22.3. The Hall–Kier alpha value is -3.74. The Morgan fingerprint density at radius 1 is 1.09 bits per heavy atom. The fraction of sp³-hybridized carbons (Fsp3) is 0.280. The lowest BCUT2D eigenvalue weighted by Gasteiger charge is -2.30. The molecule has 164 valence electrons. The van der Waals surface area contributed by atoms with Crippen molar-refractivity contribution in [3.05, 3.63) is 72.6 Å². The first-order valence-corrected chi connectivity index (χ1v) is 10.9. The zero-order valence-corrected chi connectivity index (χ0v) is 18.1. The standard InChI is InChI=1S/C25H27N5O2/c1-2-29-18-26-28-24(29)21-9-6-10-22(17-21)27-25(32)20-13-15-30(16-14-20)23(31)12-11-19-7-4-3-5-8-19/h3-12,17-18,20H,2,13-16H2,1H3,(H,27,32)/b12-11+. The summed E-state index contributed by atoms with van der Waals surface area (Å²) in [6.07, 6.45) is 6.44. The van der Waals surface area contributed by atoms with Gasteiger partial charge in [-0.3, -0.25) is 9.59 Å². The third-order valence-electron chi connectivity index (χ3n) is 5.74. The van der Waals surface area contributed by atoms with Crippen molar-refractivity contribution in [1.29, 1.82) is 0 Å². The summed E-state index contributed by atoms with van der Waals surface area (Å²) in [4.78, 5) is 27.1. The van der Waals surface area contributed by atoms with Crippen LogP contribution in [0.5, 0.6) is 0 Å². The summed E-state index contributed by atoms with van der Waals surface area (Å²) in [6, 6.07) is 17.4. The second-order valence-electron chi connectivity index (χ2n) is 7.85. The van der Waals surface area contributed by atoms with Gasteiger partial charge in [0.2, 0.25) is 11.8 Å². The molecule has 7 heteroatoms.